The van der Waals surface area contributed by atoms with Gasteiger partial charge in [-0.1, -0.05) is 57.9 Å². The maximum Gasteiger partial charge on any atom is 0.425 e. The summed E-state index contributed by atoms with van der Waals surface area (Å²) in [6.45, 7) is 1.77. The minimum absolute atomic E-state index is 0.196. The molecule has 0 aromatic heterocycles. The van der Waals surface area contributed by atoms with E-state index in [1.54, 1.807) is 19.1 Å². The number of hydrogen-bond donors (Lipinski definition) is 1. The van der Waals surface area contributed by atoms with Crippen molar-refractivity contribution >= 4 is 15.9 Å². The van der Waals surface area contributed by atoms with Gasteiger partial charge in [0.25, 0.3) is 0 Å². The molecule has 0 aliphatic rings. The number of hydrogen-bond acceptors (Lipinski definition) is 1. The monoisotopic (exact) mass is 344 g/mol. The van der Waals surface area contributed by atoms with Gasteiger partial charge in [-0.2, -0.15) is 13.2 Å². The van der Waals surface area contributed by atoms with Gasteiger partial charge in [-0.3, -0.25) is 0 Å². The van der Waals surface area contributed by atoms with Crippen LogP contribution < -0.4 is 0 Å². The second kappa shape index (κ2) is 5.22. The summed E-state index contributed by atoms with van der Waals surface area (Å²) in [4.78, 5) is 0. The largest absolute Gasteiger partial charge is 0.425 e. The Labute approximate surface area is 123 Å². The van der Waals surface area contributed by atoms with Crippen LogP contribution in [0.25, 0.3) is 0 Å². The third-order valence-electron chi connectivity index (χ3n) is 3.14. The third-order valence-corrected chi connectivity index (χ3v) is 3.67. The lowest BCUT2D eigenvalue weighted by Crippen LogP contribution is -2.43. The summed E-state index contributed by atoms with van der Waals surface area (Å²) in [5.74, 6) is 0. The number of benzene rings is 2. The van der Waals surface area contributed by atoms with Gasteiger partial charge in [0.1, 0.15) is 0 Å². The van der Waals surface area contributed by atoms with Crippen molar-refractivity contribution < 1.29 is 18.3 Å². The predicted molar refractivity (Wildman–Crippen MR) is 74.4 cm³/mol. The van der Waals surface area contributed by atoms with E-state index >= 15 is 0 Å². The first kappa shape index (κ1) is 15.1. The molecule has 1 N–H and O–H groups in total. The number of aryl methyl sites for hydroxylation is 1. The van der Waals surface area contributed by atoms with Crippen LogP contribution in [-0.2, 0) is 5.60 Å². The van der Waals surface area contributed by atoms with Gasteiger partial charge in [0.2, 0.25) is 5.60 Å². The highest BCUT2D eigenvalue weighted by Crippen LogP contribution is 2.44. The molecule has 0 aliphatic heterocycles. The molecule has 0 saturated carbocycles. The summed E-state index contributed by atoms with van der Waals surface area (Å²) in [6.07, 6.45) is -4.81. The molecule has 0 heterocycles. The van der Waals surface area contributed by atoms with Gasteiger partial charge in [0.15, 0.2) is 0 Å². The van der Waals surface area contributed by atoms with Gasteiger partial charge in [0.05, 0.1) is 0 Å². The van der Waals surface area contributed by atoms with Gasteiger partial charge in [0, 0.05) is 4.47 Å². The molecule has 20 heavy (non-hydrogen) atoms. The van der Waals surface area contributed by atoms with Gasteiger partial charge < -0.3 is 5.11 Å². The summed E-state index contributed by atoms with van der Waals surface area (Å²) in [6, 6.07) is 11.2. The molecule has 0 spiro atoms. The molecule has 2 aromatic carbocycles. The van der Waals surface area contributed by atoms with Crippen LogP contribution in [0.2, 0.25) is 0 Å². The Bertz CT molecular complexity index is 543. The molecule has 1 nitrogen and oxygen atoms in total. The van der Waals surface area contributed by atoms with Crippen LogP contribution in [0.15, 0.2) is 53.0 Å². The van der Waals surface area contributed by atoms with E-state index in [4.69, 9.17) is 0 Å². The number of rotatable bonds is 2. The molecule has 2 rings (SSSR count). The zero-order valence-electron chi connectivity index (χ0n) is 10.6. The molecule has 106 valence electrons. The van der Waals surface area contributed by atoms with Gasteiger partial charge >= 0.3 is 6.18 Å². The van der Waals surface area contributed by atoms with Crippen LogP contribution in [0.5, 0.6) is 0 Å². The molecule has 2 aromatic rings. The molecule has 5 heteroatoms. The summed E-state index contributed by atoms with van der Waals surface area (Å²) < 4.78 is 40.9. The van der Waals surface area contributed by atoms with Crippen LogP contribution in [0.3, 0.4) is 0 Å². The molecular weight excluding hydrogens is 333 g/mol. The van der Waals surface area contributed by atoms with Crippen LogP contribution in [-0.4, -0.2) is 11.3 Å². The quantitative estimate of drug-likeness (QED) is 0.846. The zero-order chi connectivity index (χ0) is 15.0. The second-order valence-electron chi connectivity index (χ2n) is 4.58. The first-order valence-corrected chi connectivity index (χ1v) is 6.67. The molecule has 0 fully saturated rings. The summed E-state index contributed by atoms with van der Waals surface area (Å²) in [5.41, 5.74) is -2.59. The van der Waals surface area contributed by atoms with Crippen molar-refractivity contribution in [3.05, 3.63) is 69.7 Å². The first-order chi connectivity index (χ1) is 9.25. The van der Waals surface area contributed by atoms with Gasteiger partial charge in [-0.15, -0.1) is 0 Å². The Morgan fingerprint density at radius 1 is 0.850 bits per heavy atom. The number of alkyl halides is 3. The molecule has 1 atom stereocenters. The van der Waals surface area contributed by atoms with E-state index in [1.807, 2.05) is 0 Å². The summed E-state index contributed by atoms with van der Waals surface area (Å²) >= 11 is 3.17. The molecule has 0 aliphatic carbocycles. The van der Waals surface area contributed by atoms with Gasteiger partial charge in [-0.25, -0.2) is 0 Å². The van der Waals surface area contributed by atoms with E-state index in [-0.39, 0.29) is 11.1 Å². The van der Waals surface area contributed by atoms with E-state index in [2.05, 4.69) is 15.9 Å². The fraction of sp³-hybridized carbons (Fsp3) is 0.200. The highest BCUT2D eigenvalue weighted by Gasteiger charge is 2.56. The average Bonchev–Trinajstić information content (AvgIpc) is 2.38. The lowest BCUT2D eigenvalue weighted by molar-refractivity contribution is -0.248. The third kappa shape index (κ3) is 2.60. The fourth-order valence-electron chi connectivity index (χ4n) is 1.98. The lowest BCUT2D eigenvalue weighted by Gasteiger charge is -2.31. The van der Waals surface area contributed by atoms with Crippen LogP contribution >= 0.6 is 15.9 Å². The van der Waals surface area contributed by atoms with Crippen molar-refractivity contribution in [2.45, 2.75) is 18.7 Å². The SMILES string of the molecule is Cc1ccc(C(O)(c2ccc(Br)cc2)C(F)(F)F)cc1. The standard InChI is InChI=1S/C15H12BrF3O/c1-10-2-4-11(5-3-10)14(20,15(17,18)19)12-6-8-13(16)9-7-12/h2-9,20H,1H3. The van der Waals surface area contributed by atoms with E-state index in [0.29, 0.717) is 4.47 Å². The Morgan fingerprint density at radius 3 is 1.65 bits per heavy atom. The smallest absolute Gasteiger partial charge is 0.372 e. The molecule has 0 bridgehead atoms. The second-order valence-corrected chi connectivity index (χ2v) is 5.50. The van der Waals surface area contributed by atoms with Gasteiger partial charge in [-0.05, 0) is 30.2 Å². The molecule has 1 unspecified atom stereocenters. The minimum atomic E-state index is -4.81. The molecule has 0 saturated heterocycles. The van der Waals surface area contributed by atoms with Crippen molar-refractivity contribution in [3.8, 4) is 0 Å². The highest BCUT2D eigenvalue weighted by molar-refractivity contribution is 9.10. The number of halogens is 4. The molecular formula is C15H12BrF3O. The topological polar surface area (TPSA) is 20.2 Å². The minimum Gasteiger partial charge on any atom is -0.372 e. The average molecular weight is 345 g/mol. The van der Waals surface area contributed by atoms with Crippen molar-refractivity contribution in [1.82, 2.24) is 0 Å². The van der Waals surface area contributed by atoms with Crippen molar-refractivity contribution in [2.24, 2.45) is 0 Å². The Kier molecular flexibility index (Phi) is 3.93. The Hall–Kier alpha value is -1.33. The molecule has 0 radical (unpaired) electrons. The fourth-order valence-corrected chi connectivity index (χ4v) is 2.24. The first-order valence-electron chi connectivity index (χ1n) is 5.87. The van der Waals surface area contributed by atoms with Crippen LogP contribution in [0.1, 0.15) is 16.7 Å². The highest BCUT2D eigenvalue weighted by atomic mass is 79.9. The van der Waals surface area contributed by atoms with Crippen LogP contribution in [0.4, 0.5) is 13.2 Å². The maximum absolute atomic E-state index is 13.4. The maximum atomic E-state index is 13.4. The van der Waals surface area contributed by atoms with E-state index in [9.17, 15) is 18.3 Å². The lowest BCUT2D eigenvalue weighted by atomic mass is 9.85. The zero-order valence-corrected chi connectivity index (χ0v) is 12.2. The Balaban J connectivity index is 2.62. The summed E-state index contributed by atoms with van der Waals surface area (Å²) in [5, 5.41) is 10.3. The summed E-state index contributed by atoms with van der Waals surface area (Å²) in [7, 11) is 0. The Morgan fingerprint density at radius 2 is 1.25 bits per heavy atom. The van der Waals surface area contributed by atoms with Crippen molar-refractivity contribution in [1.29, 1.82) is 0 Å². The van der Waals surface area contributed by atoms with Crippen molar-refractivity contribution in [2.75, 3.05) is 0 Å². The van der Waals surface area contributed by atoms with E-state index in [1.165, 1.54) is 36.4 Å². The van der Waals surface area contributed by atoms with E-state index in [0.717, 1.165) is 5.56 Å². The predicted octanol–water partition coefficient (Wildman–Crippen LogP) is 4.56. The van der Waals surface area contributed by atoms with E-state index < -0.39 is 11.8 Å². The number of aliphatic hydroxyl groups is 1. The van der Waals surface area contributed by atoms with Crippen LogP contribution in [0, 0.1) is 6.92 Å². The van der Waals surface area contributed by atoms with Crippen molar-refractivity contribution in [3.63, 3.8) is 0 Å². The molecule has 0 amide bonds. The normalized spacial score (nSPS) is 14.9.